The molecule has 1 aliphatic heterocycles. The summed E-state index contributed by atoms with van der Waals surface area (Å²) in [6.45, 7) is 0.886. The molecule has 27 heavy (non-hydrogen) atoms. The number of H-pyrrole nitrogens is 1. The summed E-state index contributed by atoms with van der Waals surface area (Å²) in [4.78, 5) is 39.4. The Morgan fingerprint density at radius 3 is 2.48 bits per heavy atom. The van der Waals surface area contributed by atoms with Crippen molar-refractivity contribution in [2.75, 3.05) is 6.54 Å². The first kappa shape index (κ1) is 17.3. The molecule has 4 rings (SSSR count). The van der Waals surface area contributed by atoms with Crippen molar-refractivity contribution in [2.45, 2.75) is 31.8 Å². The predicted octanol–water partition coefficient (Wildman–Crippen LogP) is 2.44. The van der Waals surface area contributed by atoms with Crippen LogP contribution in [0.25, 0.3) is 10.8 Å². The molecule has 2 aromatic carbocycles. The van der Waals surface area contributed by atoms with E-state index in [1.807, 2.05) is 35.2 Å². The van der Waals surface area contributed by atoms with Crippen LogP contribution in [0.1, 0.15) is 30.9 Å². The second kappa shape index (κ2) is 7.23. The van der Waals surface area contributed by atoms with Crippen LogP contribution in [0.5, 0.6) is 0 Å². The summed E-state index contributed by atoms with van der Waals surface area (Å²) in [5.74, 6) is 0.00209. The molecule has 1 fully saturated rings. The van der Waals surface area contributed by atoms with Gasteiger partial charge in [-0.1, -0.05) is 42.5 Å². The summed E-state index contributed by atoms with van der Waals surface area (Å²) < 4.78 is 1.25. The summed E-state index contributed by atoms with van der Waals surface area (Å²) >= 11 is 0. The Morgan fingerprint density at radius 1 is 1.00 bits per heavy atom. The molecule has 0 radical (unpaired) electrons. The molecule has 138 valence electrons. The number of nitrogens with one attached hydrogen (secondary N) is 1. The Balaban J connectivity index is 1.53. The smallest absolute Gasteiger partial charge is 0.273 e. The number of fused-ring (bicyclic) bond motifs is 1. The number of benzene rings is 2. The summed E-state index contributed by atoms with van der Waals surface area (Å²) in [5, 5.41) is 3.33. The summed E-state index contributed by atoms with van der Waals surface area (Å²) in [6, 6.07) is 16.8. The number of amides is 1. The number of hydrogen-bond donors (Lipinski definition) is 1. The maximum absolute atomic E-state index is 12.8. The van der Waals surface area contributed by atoms with Crippen LogP contribution in [0.3, 0.4) is 0 Å². The molecule has 0 bridgehead atoms. The first-order valence-electron chi connectivity index (χ1n) is 9.21. The van der Waals surface area contributed by atoms with E-state index in [-0.39, 0.29) is 36.0 Å². The van der Waals surface area contributed by atoms with Gasteiger partial charge in [-0.3, -0.25) is 19.5 Å². The van der Waals surface area contributed by atoms with Crippen molar-refractivity contribution < 1.29 is 4.79 Å². The summed E-state index contributed by atoms with van der Waals surface area (Å²) in [5.41, 5.74) is 0.541. The monoisotopic (exact) mass is 363 g/mol. The molecule has 2 heterocycles. The van der Waals surface area contributed by atoms with E-state index in [1.165, 1.54) is 4.68 Å². The standard InChI is InChI=1S/C21H21N3O3/c25-19(23-13-6-11-18(23)15-7-2-1-3-8-15)12-14-24-21(27)17-10-5-4-9-16(17)20(26)22-24/h1-5,7-10,18H,6,11-14H2,(H,22,26)/t18-/m0/s1. The minimum atomic E-state index is -0.319. The van der Waals surface area contributed by atoms with Gasteiger partial charge in [-0.05, 0) is 30.5 Å². The highest BCUT2D eigenvalue weighted by atomic mass is 16.2. The van der Waals surface area contributed by atoms with E-state index in [2.05, 4.69) is 5.10 Å². The summed E-state index contributed by atoms with van der Waals surface area (Å²) in [7, 11) is 0. The molecule has 6 heteroatoms. The van der Waals surface area contributed by atoms with Crippen LogP contribution in [-0.2, 0) is 11.3 Å². The largest absolute Gasteiger partial charge is 0.336 e. The highest BCUT2D eigenvalue weighted by Gasteiger charge is 2.29. The first-order chi connectivity index (χ1) is 13.1. The Labute approximate surface area is 156 Å². The van der Waals surface area contributed by atoms with Gasteiger partial charge in [-0.15, -0.1) is 0 Å². The zero-order chi connectivity index (χ0) is 18.8. The van der Waals surface area contributed by atoms with E-state index in [4.69, 9.17) is 0 Å². The van der Waals surface area contributed by atoms with E-state index in [0.29, 0.717) is 10.8 Å². The molecule has 3 aromatic rings. The molecule has 0 spiro atoms. The van der Waals surface area contributed by atoms with Gasteiger partial charge in [0.2, 0.25) is 5.91 Å². The molecule has 1 aliphatic rings. The zero-order valence-electron chi connectivity index (χ0n) is 14.9. The van der Waals surface area contributed by atoms with Crippen molar-refractivity contribution in [3.05, 3.63) is 80.9 Å². The third-order valence-corrected chi connectivity index (χ3v) is 5.19. The second-order valence-electron chi connectivity index (χ2n) is 6.85. The van der Waals surface area contributed by atoms with Crippen LogP contribution in [-0.4, -0.2) is 27.1 Å². The Bertz CT molecular complexity index is 1090. The SMILES string of the molecule is O=C(CCn1[nH]c(=O)c2ccccc2c1=O)N1CCC[C@H]1c1ccccc1. The number of aromatic amines is 1. The van der Waals surface area contributed by atoms with Crippen LogP contribution in [0.4, 0.5) is 0 Å². The number of carbonyl (C=O) groups excluding carboxylic acids is 1. The molecule has 1 amide bonds. The predicted molar refractivity (Wildman–Crippen MR) is 104 cm³/mol. The fourth-order valence-electron chi connectivity index (χ4n) is 3.84. The number of carbonyl (C=O) groups is 1. The van der Waals surface area contributed by atoms with Gasteiger partial charge in [-0.25, -0.2) is 4.68 Å². The van der Waals surface area contributed by atoms with E-state index in [9.17, 15) is 14.4 Å². The topological polar surface area (TPSA) is 75.2 Å². The third kappa shape index (κ3) is 3.30. The van der Waals surface area contributed by atoms with Crippen LogP contribution in [0.2, 0.25) is 0 Å². The molecule has 1 aromatic heterocycles. The molecular formula is C21H21N3O3. The van der Waals surface area contributed by atoms with Crippen molar-refractivity contribution in [2.24, 2.45) is 0 Å². The molecule has 1 atom stereocenters. The highest BCUT2D eigenvalue weighted by molar-refractivity contribution is 5.80. The molecular weight excluding hydrogens is 342 g/mol. The minimum absolute atomic E-state index is 0.00209. The molecule has 0 unspecified atom stereocenters. The van der Waals surface area contributed by atoms with Gasteiger partial charge >= 0.3 is 0 Å². The average Bonchev–Trinajstić information content (AvgIpc) is 3.20. The lowest BCUT2D eigenvalue weighted by Gasteiger charge is -2.25. The van der Waals surface area contributed by atoms with E-state index >= 15 is 0 Å². The van der Waals surface area contributed by atoms with Crippen molar-refractivity contribution >= 4 is 16.7 Å². The van der Waals surface area contributed by atoms with Crippen molar-refractivity contribution in [3.63, 3.8) is 0 Å². The van der Waals surface area contributed by atoms with Gasteiger partial charge in [0.05, 0.1) is 23.4 Å². The van der Waals surface area contributed by atoms with Gasteiger partial charge < -0.3 is 4.90 Å². The van der Waals surface area contributed by atoms with Crippen LogP contribution in [0.15, 0.2) is 64.2 Å². The normalized spacial score (nSPS) is 16.7. The number of likely N-dealkylation sites (tertiary alicyclic amines) is 1. The van der Waals surface area contributed by atoms with Gasteiger partial charge in [0.15, 0.2) is 0 Å². The van der Waals surface area contributed by atoms with E-state index in [0.717, 1.165) is 24.9 Å². The Morgan fingerprint density at radius 2 is 1.70 bits per heavy atom. The Kier molecular flexibility index (Phi) is 4.62. The van der Waals surface area contributed by atoms with Gasteiger partial charge in [0.1, 0.15) is 0 Å². The quantitative estimate of drug-likeness (QED) is 0.774. The second-order valence-corrected chi connectivity index (χ2v) is 6.85. The lowest BCUT2D eigenvalue weighted by atomic mass is 10.0. The van der Waals surface area contributed by atoms with Gasteiger partial charge in [0.25, 0.3) is 11.1 Å². The number of hydrogen-bond acceptors (Lipinski definition) is 3. The first-order valence-corrected chi connectivity index (χ1v) is 9.21. The van der Waals surface area contributed by atoms with Crippen molar-refractivity contribution in [1.82, 2.24) is 14.7 Å². The fourth-order valence-corrected chi connectivity index (χ4v) is 3.84. The Hall–Kier alpha value is -3.15. The molecule has 0 saturated carbocycles. The number of aromatic nitrogens is 2. The van der Waals surface area contributed by atoms with Gasteiger partial charge in [0, 0.05) is 13.0 Å². The molecule has 1 N–H and O–H groups in total. The maximum atomic E-state index is 12.8. The van der Waals surface area contributed by atoms with Crippen LogP contribution >= 0.6 is 0 Å². The highest BCUT2D eigenvalue weighted by Crippen LogP contribution is 2.32. The van der Waals surface area contributed by atoms with Crippen LogP contribution < -0.4 is 11.1 Å². The molecule has 6 nitrogen and oxygen atoms in total. The van der Waals surface area contributed by atoms with Crippen molar-refractivity contribution in [3.8, 4) is 0 Å². The lowest BCUT2D eigenvalue weighted by Crippen LogP contribution is -2.34. The molecule has 0 aliphatic carbocycles. The lowest BCUT2D eigenvalue weighted by molar-refractivity contribution is -0.132. The fraction of sp³-hybridized carbons (Fsp3) is 0.286. The number of aryl methyl sites for hydroxylation is 1. The van der Waals surface area contributed by atoms with E-state index in [1.54, 1.807) is 24.3 Å². The van der Waals surface area contributed by atoms with E-state index < -0.39 is 0 Å². The minimum Gasteiger partial charge on any atom is -0.336 e. The zero-order valence-corrected chi connectivity index (χ0v) is 14.9. The summed E-state index contributed by atoms with van der Waals surface area (Å²) in [6.07, 6.45) is 2.10. The molecule has 1 saturated heterocycles. The maximum Gasteiger partial charge on any atom is 0.273 e. The van der Waals surface area contributed by atoms with Crippen LogP contribution in [0, 0.1) is 0 Å². The number of rotatable bonds is 4. The van der Waals surface area contributed by atoms with Crippen molar-refractivity contribution in [1.29, 1.82) is 0 Å². The average molecular weight is 363 g/mol. The third-order valence-electron chi connectivity index (χ3n) is 5.19. The van der Waals surface area contributed by atoms with Gasteiger partial charge in [-0.2, -0.15) is 0 Å². The number of nitrogens with zero attached hydrogens (tertiary/aromatic N) is 2.